The zero-order valence-electron chi connectivity index (χ0n) is 8.50. The van der Waals surface area contributed by atoms with Crippen molar-refractivity contribution >= 4 is 17.3 Å². The Hall–Kier alpha value is -1.11. The van der Waals surface area contributed by atoms with E-state index < -0.39 is 18.6 Å². The fraction of sp³-hybridized carbons (Fsp3) is 0.556. The molecule has 7 heteroatoms. The first-order chi connectivity index (χ1) is 7.40. The van der Waals surface area contributed by atoms with Crippen LogP contribution in [0.4, 0.5) is 13.2 Å². The Bertz CT molecular complexity index is 362. The van der Waals surface area contributed by atoms with E-state index in [-0.39, 0.29) is 13.0 Å². The van der Waals surface area contributed by atoms with Crippen molar-refractivity contribution in [2.75, 3.05) is 6.61 Å². The number of nitrogens with zero attached hydrogens (tertiary/aromatic N) is 1. The van der Waals surface area contributed by atoms with Crippen LogP contribution in [0.25, 0.3) is 0 Å². The molecule has 0 bridgehead atoms. The topological polar surface area (TPSA) is 39.2 Å². The number of aromatic nitrogens is 1. The van der Waals surface area contributed by atoms with Crippen LogP contribution in [0.5, 0.6) is 0 Å². The minimum Gasteiger partial charge on any atom is -0.461 e. The second kappa shape index (κ2) is 5.29. The molecule has 0 saturated carbocycles. The number of thiazole rings is 1. The van der Waals surface area contributed by atoms with Gasteiger partial charge in [0.2, 0.25) is 0 Å². The standard InChI is InChI=1S/C9H10F3NO2S/c1-6-7(16-5-13-6)8(14)15-4-2-3-9(10,11)12/h5H,2-4H2,1H3. The minimum absolute atomic E-state index is 0.215. The summed E-state index contributed by atoms with van der Waals surface area (Å²) in [6.45, 7) is 1.42. The summed E-state index contributed by atoms with van der Waals surface area (Å²) in [5.74, 6) is -0.609. The van der Waals surface area contributed by atoms with Crippen molar-refractivity contribution < 1.29 is 22.7 Å². The molecule has 1 heterocycles. The van der Waals surface area contributed by atoms with Crippen LogP contribution in [0.15, 0.2) is 5.51 Å². The quantitative estimate of drug-likeness (QED) is 0.611. The van der Waals surface area contributed by atoms with E-state index in [1.807, 2.05) is 0 Å². The Balaban J connectivity index is 2.29. The average Bonchev–Trinajstić information content (AvgIpc) is 2.57. The third-order valence-electron chi connectivity index (χ3n) is 1.77. The molecule has 0 saturated heterocycles. The van der Waals surface area contributed by atoms with Crippen LogP contribution in [0.2, 0.25) is 0 Å². The molecule has 0 aliphatic rings. The fourth-order valence-corrected chi connectivity index (χ4v) is 1.70. The van der Waals surface area contributed by atoms with Gasteiger partial charge in [0.05, 0.1) is 17.8 Å². The lowest BCUT2D eigenvalue weighted by Crippen LogP contribution is -2.11. The molecule has 0 amide bonds. The second-order valence-electron chi connectivity index (χ2n) is 3.12. The average molecular weight is 253 g/mol. The van der Waals surface area contributed by atoms with E-state index in [0.29, 0.717) is 10.6 Å². The van der Waals surface area contributed by atoms with Crippen LogP contribution in [-0.2, 0) is 4.74 Å². The summed E-state index contributed by atoms with van der Waals surface area (Å²) in [6, 6.07) is 0. The van der Waals surface area contributed by atoms with Gasteiger partial charge < -0.3 is 4.74 Å². The van der Waals surface area contributed by atoms with E-state index in [1.165, 1.54) is 5.51 Å². The molecule has 0 aromatic carbocycles. The largest absolute Gasteiger partial charge is 0.461 e. The maximum atomic E-state index is 11.8. The lowest BCUT2D eigenvalue weighted by atomic mass is 10.3. The summed E-state index contributed by atoms with van der Waals surface area (Å²) < 4.78 is 40.0. The van der Waals surface area contributed by atoms with Crippen LogP contribution < -0.4 is 0 Å². The molecule has 0 N–H and O–H groups in total. The molecular formula is C9H10F3NO2S. The Morgan fingerprint density at radius 3 is 2.75 bits per heavy atom. The molecule has 0 aliphatic carbocycles. The number of halogens is 3. The van der Waals surface area contributed by atoms with Gasteiger partial charge in [-0.15, -0.1) is 11.3 Å². The smallest absolute Gasteiger partial charge is 0.389 e. The van der Waals surface area contributed by atoms with Crippen LogP contribution in [0.1, 0.15) is 28.2 Å². The van der Waals surface area contributed by atoms with Gasteiger partial charge in [-0.3, -0.25) is 0 Å². The van der Waals surface area contributed by atoms with E-state index in [4.69, 9.17) is 4.74 Å². The van der Waals surface area contributed by atoms with Crippen molar-refractivity contribution in [1.82, 2.24) is 4.98 Å². The van der Waals surface area contributed by atoms with Crippen molar-refractivity contribution in [2.24, 2.45) is 0 Å². The van der Waals surface area contributed by atoms with Crippen LogP contribution in [0.3, 0.4) is 0 Å². The molecule has 1 aromatic rings. The summed E-state index contributed by atoms with van der Waals surface area (Å²) in [6.07, 6.45) is -5.36. The lowest BCUT2D eigenvalue weighted by molar-refractivity contribution is -0.137. The highest BCUT2D eigenvalue weighted by Crippen LogP contribution is 2.21. The third-order valence-corrected chi connectivity index (χ3v) is 2.68. The number of esters is 1. The van der Waals surface area contributed by atoms with E-state index in [2.05, 4.69) is 4.98 Å². The minimum atomic E-state index is -4.20. The number of hydrogen-bond acceptors (Lipinski definition) is 4. The summed E-state index contributed by atoms with van der Waals surface area (Å²) in [4.78, 5) is 15.5. The van der Waals surface area contributed by atoms with Crippen LogP contribution >= 0.6 is 11.3 Å². The number of aryl methyl sites for hydroxylation is 1. The molecule has 1 rings (SSSR count). The summed E-state index contributed by atoms with van der Waals surface area (Å²) in [7, 11) is 0. The van der Waals surface area contributed by atoms with Gasteiger partial charge in [-0.05, 0) is 13.3 Å². The van der Waals surface area contributed by atoms with Gasteiger partial charge in [0.25, 0.3) is 0 Å². The van der Waals surface area contributed by atoms with E-state index in [9.17, 15) is 18.0 Å². The Morgan fingerprint density at radius 1 is 1.56 bits per heavy atom. The SMILES string of the molecule is Cc1ncsc1C(=O)OCCCC(F)(F)F. The van der Waals surface area contributed by atoms with Crippen LogP contribution in [0, 0.1) is 6.92 Å². The normalized spacial score (nSPS) is 11.5. The number of alkyl halides is 3. The fourth-order valence-electron chi connectivity index (χ4n) is 1.00. The molecule has 0 radical (unpaired) electrons. The molecule has 0 unspecified atom stereocenters. The van der Waals surface area contributed by atoms with Crippen molar-refractivity contribution in [2.45, 2.75) is 25.9 Å². The van der Waals surface area contributed by atoms with E-state index in [1.54, 1.807) is 6.92 Å². The zero-order valence-corrected chi connectivity index (χ0v) is 9.32. The van der Waals surface area contributed by atoms with E-state index >= 15 is 0 Å². The highest BCUT2D eigenvalue weighted by atomic mass is 32.1. The second-order valence-corrected chi connectivity index (χ2v) is 3.98. The molecule has 0 aliphatic heterocycles. The third kappa shape index (κ3) is 4.18. The van der Waals surface area contributed by atoms with Gasteiger partial charge in [-0.1, -0.05) is 0 Å². The molecule has 0 spiro atoms. The van der Waals surface area contributed by atoms with Crippen molar-refractivity contribution in [1.29, 1.82) is 0 Å². The Labute approximate surface area is 94.3 Å². The first-order valence-electron chi connectivity index (χ1n) is 4.54. The summed E-state index contributed by atoms with van der Waals surface area (Å²) >= 11 is 1.11. The number of carbonyl (C=O) groups excluding carboxylic acids is 1. The highest BCUT2D eigenvalue weighted by molar-refractivity contribution is 7.11. The highest BCUT2D eigenvalue weighted by Gasteiger charge is 2.26. The first kappa shape index (κ1) is 13.0. The van der Waals surface area contributed by atoms with Gasteiger partial charge in [0.15, 0.2) is 0 Å². The molecule has 1 aromatic heterocycles. The van der Waals surface area contributed by atoms with Gasteiger partial charge in [0.1, 0.15) is 4.88 Å². The monoisotopic (exact) mass is 253 g/mol. The number of ether oxygens (including phenoxy) is 1. The molecule has 16 heavy (non-hydrogen) atoms. The predicted octanol–water partition coefficient (Wildman–Crippen LogP) is 2.95. The van der Waals surface area contributed by atoms with Crippen LogP contribution in [-0.4, -0.2) is 23.7 Å². The Morgan fingerprint density at radius 2 is 2.25 bits per heavy atom. The molecule has 90 valence electrons. The maximum absolute atomic E-state index is 11.8. The van der Waals surface area contributed by atoms with Gasteiger partial charge in [-0.25, -0.2) is 9.78 Å². The predicted molar refractivity (Wildman–Crippen MR) is 52.4 cm³/mol. The first-order valence-corrected chi connectivity index (χ1v) is 5.42. The molecule has 0 fully saturated rings. The lowest BCUT2D eigenvalue weighted by Gasteiger charge is -2.06. The summed E-state index contributed by atoms with van der Waals surface area (Å²) in [5, 5.41) is 0. The van der Waals surface area contributed by atoms with Crippen molar-refractivity contribution in [3.63, 3.8) is 0 Å². The number of rotatable bonds is 4. The molecule has 3 nitrogen and oxygen atoms in total. The van der Waals surface area contributed by atoms with Crippen molar-refractivity contribution in [3.05, 3.63) is 16.1 Å². The van der Waals surface area contributed by atoms with E-state index in [0.717, 1.165) is 11.3 Å². The van der Waals surface area contributed by atoms with Crippen molar-refractivity contribution in [3.8, 4) is 0 Å². The molecule has 0 atom stereocenters. The van der Waals surface area contributed by atoms with Gasteiger partial charge in [0, 0.05) is 6.42 Å². The molecular weight excluding hydrogens is 243 g/mol. The Kier molecular flexibility index (Phi) is 4.28. The van der Waals surface area contributed by atoms with Gasteiger partial charge >= 0.3 is 12.1 Å². The summed E-state index contributed by atoms with van der Waals surface area (Å²) in [5.41, 5.74) is 2.02. The maximum Gasteiger partial charge on any atom is 0.389 e. The zero-order chi connectivity index (χ0) is 12.2. The van der Waals surface area contributed by atoms with Gasteiger partial charge in [-0.2, -0.15) is 13.2 Å². The number of hydrogen-bond donors (Lipinski definition) is 0. The number of carbonyl (C=O) groups is 1.